The number of fused-ring (bicyclic) bond motifs is 1. The van der Waals surface area contributed by atoms with Crippen molar-refractivity contribution in [2.24, 2.45) is 0 Å². The Morgan fingerprint density at radius 1 is 1.33 bits per heavy atom. The van der Waals surface area contributed by atoms with E-state index in [1.807, 2.05) is 6.07 Å². The van der Waals surface area contributed by atoms with Crippen molar-refractivity contribution in [3.8, 4) is 0 Å². The van der Waals surface area contributed by atoms with E-state index >= 15 is 0 Å². The van der Waals surface area contributed by atoms with Crippen molar-refractivity contribution in [1.29, 1.82) is 0 Å². The minimum absolute atomic E-state index is 0.0205. The van der Waals surface area contributed by atoms with Gasteiger partial charge in [0.05, 0.1) is 5.56 Å². The molecule has 0 spiro atoms. The van der Waals surface area contributed by atoms with Gasteiger partial charge < -0.3 is 15.7 Å². The number of aromatic nitrogens is 2. The van der Waals surface area contributed by atoms with Gasteiger partial charge in [0.2, 0.25) is 11.5 Å². The fourth-order valence-corrected chi connectivity index (χ4v) is 2.48. The number of benzene rings is 1. The lowest BCUT2D eigenvalue weighted by Gasteiger charge is -2.29. The molecule has 0 atom stereocenters. The molecule has 0 fully saturated rings. The molecule has 1 aromatic carbocycles. The first-order valence-corrected chi connectivity index (χ1v) is 6.29. The zero-order valence-corrected chi connectivity index (χ0v) is 10.9. The molecule has 0 saturated heterocycles. The van der Waals surface area contributed by atoms with Crippen LogP contribution in [-0.4, -0.2) is 38.7 Å². The third-order valence-corrected chi connectivity index (χ3v) is 3.50. The van der Waals surface area contributed by atoms with Crippen molar-refractivity contribution in [2.45, 2.75) is 13.0 Å². The molecule has 21 heavy (non-hydrogen) atoms. The van der Waals surface area contributed by atoms with E-state index in [1.54, 1.807) is 17.0 Å². The number of nitrogens with zero attached hydrogens (tertiary/aromatic N) is 3. The summed E-state index contributed by atoms with van der Waals surface area (Å²) in [6, 6.07) is 5.05. The molecule has 1 aromatic heterocycles. The van der Waals surface area contributed by atoms with Gasteiger partial charge in [-0.3, -0.25) is 4.79 Å². The number of carboxylic acids is 1. The molecule has 1 amide bonds. The summed E-state index contributed by atoms with van der Waals surface area (Å²) < 4.78 is 4.43. The predicted molar refractivity (Wildman–Crippen MR) is 70.6 cm³/mol. The molecule has 2 heterocycles. The molecule has 108 valence electrons. The van der Waals surface area contributed by atoms with Gasteiger partial charge in [0.15, 0.2) is 0 Å². The highest BCUT2D eigenvalue weighted by molar-refractivity contribution is 5.96. The first-order valence-electron chi connectivity index (χ1n) is 6.29. The second-order valence-corrected chi connectivity index (χ2v) is 4.72. The maximum atomic E-state index is 12.3. The third-order valence-electron chi connectivity index (χ3n) is 3.50. The SMILES string of the molecule is Nc1nonc1C(=O)N1CCc2c(cccc2C(=O)O)C1. The van der Waals surface area contributed by atoms with Crippen LogP contribution in [0.2, 0.25) is 0 Å². The average Bonchev–Trinajstić information content (AvgIpc) is 2.91. The third kappa shape index (κ3) is 2.20. The van der Waals surface area contributed by atoms with Crippen LogP contribution in [0.25, 0.3) is 0 Å². The molecule has 2 aromatic rings. The van der Waals surface area contributed by atoms with Crippen molar-refractivity contribution < 1.29 is 19.3 Å². The molecule has 8 heteroatoms. The second kappa shape index (κ2) is 4.89. The Hall–Kier alpha value is -2.90. The Morgan fingerprint density at radius 2 is 2.14 bits per heavy atom. The smallest absolute Gasteiger partial charge is 0.335 e. The van der Waals surface area contributed by atoms with Gasteiger partial charge in [-0.15, -0.1) is 0 Å². The number of carbonyl (C=O) groups excluding carboxylic acids is 1. The van der Waals surface area contributed by atoms with Crippen LogP contribution in [0.1, 0.15) is 32.0 Å². The van der Waals surface area contributed by atoms with E-state index in [0.717, 1.165) is 11.1 Å². The normalized spacial score (nSPS) is 13.8. The molecule has 0 radical (unpaired) electrons. The highest BCUT2D eigenvalue weighted by Crippen LogP contribution is 2.24. The summed E-state index contributed by atoms with van der Waals surface area (Å²) in [5.41, 5.74) is 7.35. The minimum Gasteiger partial charge on any atom is -0.478 e. The van der Waals surface area contributed by atoms with Crippen molar-refractivity contribution >= 4 is 17.7 Å². The van der Waals surface area contributed by atoms with E-state index in [1.165, 1.54) is 0 Å². The number of amides is 1. The standard InChI is InChI=1S/C13H12N4O4/c14-11-10(15-21-16-11)12(18)17-5-4-8-7(6-17)2-1-3-9(8)13(19)20/h1-3H,4-6H2,(H2,14,16)(H,19,20). The molecule has 0 unspecified atom stereocenters. The van der Waals surface area contributed by atoms with Crippen LogP contribution in [0.15, 0.2) is 22.8 Å². The van der Waals surface area contributed by atoms with Gasteiger partial charge in [0, 0.05) is 13.1 Å². The number of carboxylic acid groups (broad SMARTS) is 1. The summed E-state index contributed by atoms with van der Waals surface area (Å²) in [7, 11) is 0. The molecule has 0 bridgehead atoms. The Kier molecular flexibility index (Phi) is 3.05. The van der Waals surface area contributed by atoms with Crippen LogP contribution in [0.5, 0.6) is 0 Å². The highest BCUT2D eigenvalue weighted by Gasteiger charge is 2.28. The zero-order chi connectivity index (χ0) is 15.0. The Bertz CT molecular complexity index is 725. The largest absolute Gasteiger partial charge is 0.478 e. The first kappa shape index (κ1) is 13.1. The van der Waals surface area contributed by atoms with E-state index in [0.29, 0.717) is 19.5 Å². The summed E-state index contributed by atoms with van der Waals surface area (Å²) in [6.07, 6.45) is 0.467. The number of nitrogen functional groups attached to an aromatic ring is 1. The summed E-state index contributed by atoms with van der Waals surface area (Å²) in [5, 5.41) is 16.1. The predicted octanol–water partition coefficient (Wildman–Crippen LogP) is 0.548. The Balaban J connectivity index is 1.89. The molecule has 3 rings (SSSR count). The highest BCUT2D eigenvalue weighted by atomic mass is 16.6. The lowest BCUT2D eigenvalue weighted by atomic mass is 9.94. The van der Waals surface area contributed by atoms with Crippen LogP contribution in [0, 0.1) is 0 Å². The van der Waals surface area contributed by atoms with Gasteiger partial charge in [0.25, 0.3) is 5.91 Å². The van der Waals surface area contributed by atoms with Crippen molar-refractivity contribution in [2.75, 3.05) is 12.3 Å². The molecule has 1 aliphatic rings. The Labute approximate surface area is 119 Å². The van der Waals surface area contributed by atoms with E-state index in [-0.39, 0.29) is 23.0 Å². The number of carbonyl (C=O) groups is 2. The maximum Gasteiger partial charge on any atom is 0.335 e. The molecular weight excluding hydrogens is 276 g/mol. The Morgan fingerprint density at radius 3 is 2.81 bits per heavy atom. The van der Waals surface area contributed by atoms with Crippen LogP contribution in [-0.2, 0) is 13.0 Å². The van der Waals surface area contributed by atoms with Crippen molar-refractivity contribution in [3.05, 3.63) is 40.6 Å². The summed E-state index contributed by atoms with van der Waals surface area (Å²) in [4.78, 5) is 25.0. The number of aromatic carboxylic acids is 1. The molecular formula is C13H12N4O4. The molecule has 0 saturated carbocycles. The van der Waals surface area contributed by atoms with Gasteiger partial charge in [-0.25, -0.2) is 9.42 Å². The van der Waals surface area contributed by atoms with E-state index in [9.17, 15) is 14.7 Å². The molecule has 3 N–H and O–H groups in total. The van der Waals surface area contributed by atoms with Gasteiger partial charge >= 0.3 is 5.97 Å². The molecule has 1 aliphatic heterocycles. The van der Waals surface area contributed by atoms with E-state index in [2.05, 4.69) is 14.9 Å². The average molecular weight is 288 g/mol. The topological polar surface area (TPSA) is 123 Å². The first-order chi connectivity index (χ1) is 10.1. The van der Waals surface area contributed by atoms with E-state index in [4.69, 9.17) is 5.73 Å². The lowest BCUT2D eigenvalue weighted by Crippen LogP contribution is -2.37. The van der Waals surface area contributed by atoms with Gasteiger partial charge in [-0.05, 0) is 33.9 Å². The van der Waals surface area contributed by atoms with Crippen LogP contribution in [0.3, 0.4) is 0 Å². The van der Waals surface area contributed by atoms with Gasteiger partial charge in [-0.1, -0.05) is 12.1 Å². The van der Waals surface area contributed by atoms with Crippen LogP contribution in [0.4, 0.5) is 5.82 Å². The summed E-state index contributed by atoms with van der Waals surface area (Å²) in [5.74, 6) is -1.39. The fraction of sp³-hybridized carbons (Fsp3) is 0.231. The van der Waals surface area contributed by atoms with Crippen LogP contribution < -0.4 is 5.73 Å². The van der Waals surface area contributed by atoms with Gasteiger partial charge in [-0.2, -0.15) is 0 Å². The van der Waals surface area contributed by atoms with Crippen molar-refractivity contribution in [3.63, 3.8) is 0 Å². The molecule has 0 aliphatic carbocycles. The van der Waals surface area contributed by atoms with Crippen LogP contribution >= 0.6 is 0 Å². The lowest BCUT2D eigenvalue weighted by molar-refractivity contribution is 0.0694. The monoisotopic (exact) mass is 288 g/mol. The number of nitrogens with two attached hydrogens (primary N) is 1. The molecule has 8 nitrogen and oxygen atoms in total. The van der Waals surface area contributed by atoms with E-state index < -0.39 is 5.97 Å². The van der Waals surface area contributed by atoms with Gasteiger partial charge in [0.1, 0.15) is 0 Å². The minimum atomic E-state index is -0.962. The van der Waals surface area contributed by atoms with Crippen molar-refractivity contribution in [1.82, 2.24) is 15.2 Å². The summed E-state index contributed by atoms with van der Waals surface area (Å²) in [6.45, 7) is 0.698. The quantitative estimate of drug-likeness (QED) is 0.827. The maximum absolute atomic E-state index is 12.3. The number of hydrogen-bond donors (Lipinski definition) is 2. The number of hydrogen-bond acceptors (Lipinski definition) is 6. The fourth-order valence-electron chi connectivity index (χ4n) is 2.48. The second-order valence-electron chi connectivity index (χ2n) is 4.72. The summed E-state index contributed by atoms with van der Waals surface area (Å²) >= 11 is 0. The zero-order valence-electron chi connectivity index (χ0n) is 10.9. The number of anilines is 1. The number of rotatable bonds is 2.